The third-order valence-corrected chi connectivity index (χ3v) is 6.44. The Morgan fingerprint density at radius 3 is 1.90 bits per heavy atom. The molecule has 6 nitrogen and oxygen atoms in total. The predicted octanol–water partition coefficient (Wildman–Crippen LogP) is 5.30. The van der Waals surface area contributed by atoms with Crippen molar-refractivity contribution in [3.8, 4) is 0 Å². The number of carbonyl (C=O) groups is 2. The van der Waals surface area contributed by atoms with Crippen LogP contribution in [0.25, 0.3) is 0 Å². The lowest BCUT2D eigenvalue weighted by molar-refractivity contribution is -0.385. The van der Waals surface area contributed by atoms with Crippen LogP contribution in [0.5, 0.6) is 0 Å². The number of nitro benzene ring substituents is 1. The summed E-state index contributed by atoms with van der Waals surface area (Å²) in [6, 6.07) is 4.89. The lowest BCUT2D eigenvalue weighted by atomic mass is 9.65. The molecule has 0 fully saturated rings. The minimum Gasteiger partial charge on any atom is -0.465 e. The van der Waals surface area contributed by atoms with E-state index >= 15 is 0 Å². The zero-order valence-corrected chi connectivity index (χ0v) is 18.1. The van der Waals surface area contributed by atoms with Gasteiger partial charge in [0.15, 0.2) is 11.6 Å². The molecule has 1 aromatic carbocycles. The van der Waals surface area contributed by atoms with Crippen molar-refractivity contribution >= 4 is 17.3 Å². The Hall–Kier alpha value is -2.76. The van der Waals surface area contributed by atoms with Gasteiger partial charge < -0.3 is 4.74 Å². The minimum absolute atomic E-state index is 0.00420. The van der Waals surface area contributed by atoms with Crippen LogP contribution in [0.15, 0.2) is 40.9 Å². The van der Waals surface area contributed by atoms with E-state index in [0.29, 0.717) is 59.5 Å². The second kappa shape index (κ2) is 6.62. The molecule has 0 unspecified atom stereocenters. The maximum absolute atomic E-state index is 13.3. The summed E-state index contributed by atoms with van der Waals surface area (Å²) >= 11 is 0. The number of nitro groups is 1. The topological polar surface area (TPSA) is 86.5 Å². The number of hydrogen-bond acceptors (Lipinski definition) is 5. The summed E-state index contributed by atoms with van der Waals surface area (Å²) in [7, 11) is 0. The van der Waals surface area contributed by atoms with Crippen molar-refractivity contribution in [3.63, 3.8) is 0 Å². The summed E-state index contributed by atoms with van der Waals surface area (Å²) in [5, 5.41) is 11.5. The molecule has 0 radical (unpaired) electrons. The summed E-state index contributed by atoms with van der Waals surface area (Å²) in [4.78, 5) is 37.6. The first-order valence-electron chi connectivity index (χ1n) is 10.3. The van der Waals surface area contributed by atoms with Crippen LogP contribution in [-0.2, 0) is 14.3 Å². The van der Waals surface area contributed by atoms with Gasteiger partial charge in [-0.1, -0.05) is 39.8 Å². The highest BCUT2D eigenvalue weighted by Crippen LogP contribution is 2.53. The molecule has 1 heterocycles. The first-order chi connectivity index (χ1) is 13.9. The van der Waals surface area contributed by atoms with Crippen molar-refractivity contribution in [2.24, 2.45) is 10.8 Å². The van der Waals surface area contributed by atoms with Crippen LogP contribution in [0.2, 0.25) is 0 Å². The molecule has 6 heteroatoms. The molecule has 158 valence electrons. The van der Waals surface area contributed by atoms with Gasteiger partial charge in [0, 0.05) is 54.4 Å². The van der Waals surface area contributed by atoms with Crippen molar-refractivity contribution in [3.05, 3.63) is 62.1 Å². The number of nitrogens with zero attached hydrogens (tertiary/aromatic N) is 1. The van der Waals surface area contributed by atoms with Crippen LogP contribution in [0.3, 0.4) is 0 Å². The van der Waals surface area contributed by atoms with Gasteiger partial charge in [0.25, 0.3) is 5.69 Å². The molecule has 0 N–H and O–H groups in total. The molecular formula is C24H27NO5. The van der Waals surface area contributed by atoms with Crippen LogP contribution in [-0.4, -0.2) is 16.5 Å². The highest BCUT2D eigenvalue weighted by atomic mass is 16.6. The Morgan fingerprint density at radius 1 is 0.933 bits per heavy atom. The van der Waals surface area contributed by atoms with Crippen LogP contribution < -0.4 is 0 Å². The van der Waals surface area contributed by atoms with Gasteiger partial charge in [0.05, 0.1) is 4.92 Å². The van der Waals surface area contributed by atoms with E-state index in [2.05, 4.69) is 0 Å². The van der Waals surface area contributed by atoms with Gasteiger partial charge in [-0.3, -0.25) is 19.7 Å². The van der Waals surface area contributed by atoms with Crippen molar-refractivity contribution in [1.29, 1.82) is 0 Å². The third kappa shape index (κ3) is 3.28. The van der Waals surface area contributed by atoms with Gasteiger partial charge in [-0.25, -0.2) is 0 Å². The van der Waals surface area contributed by atoms with Gasteiger partial charge >= 0.3 is 0 Å². The average Bonchev–Trinajstić information content (AvgIpc) is 2.57. The van der Waals surface area contributed by atoms with Gasteiger partial charge in [-0.15, -0.1) is 0 Å². The number of allylic oxidation sites excluding steroid dienone is 4. The SMILES string of the molecule is Cc1c(C2C3=C(CC(C)(C)CC3=O)OC3=C2C(=O)CC(C)(C)C3)cccc1[N+](=O)[O-]. The number of ether oxygens (including phenoxy) is 1. The second-order valence-electron chi connectivity index (χ2n) is 10.3. The molecule has 0 saturated heterocycles. The Balaban J connectivity index is 1.97. The fourth-order valence-electron chi connectivity index (χ4n) is 5.14. The Labute approximate surface area is 176 Å². The molecule has 1 aliphatic heterocycles. The standard InChI is InChI=1S/C24H27NO5/c1-13-14(7-6-8-15(13)25(28)29)20-21-16(26)9-23(2,3)11-18(21)30-19-12-24(4,5)10-17(27)22(19)20/h6-8,20H,9-12H2,1-5H3. The molecule has 4 rings (SSSR count). The molecular weight excluding hydrogens is 382 g/mol. The summed E-state index contributed by atoms with van der Waals surface area (Å²) < 4.78 is 6.26. The molecule has 0 amide bonds. The van der Waals surface area contributed by atoms with E-state index in [4.69, 9.17) is 4.74 Å². The normalized spacial score (nSPS) is 23.1. The van der Waals surface area contributed by atoms with Gasteiger partial charge in [-0.2, -0.15) is 0 Å². The zero-order chi connectivity index (χ0) is 22.0. The summed E-state index contributed by atoms with van der Waals surface area (Å²) in [6.07, 6.45) is 1.93. The van der Waals surface area contributed by atoms with E-state index in [1.807, 2.05) is 27.7 Å². The van der Waals surface area contributed by atoms with E-state index in [-0.39, 0.29) is 28.1 Å². The van der Waals surface area contributed by atoms with Crippen LogP contribution in [0, 0.1) is 27.9 Å². The monoisotopic (exact) mass is 409 g/mol. The van der Waals surface area contributed by atoms with Crippen molar-refractivity contribution < 1.29 is 19.2 Å². The van der Waals surface area contributed by atoms with E-state index in [1.54, 1.807) is 19.1 Å². The third-order valence-electron chi connectivity index (χ3n) is 6.44. The van der Waals surface area contributed by atoms with Crippen LogP contribution in [0.4, 0.5) is 5.69 Å². The quantitative estimate of drug-likeness (QED) is 0.488. The molecule has 1 aromatic rings. The Bertz CT molecular complexity index is 1010. The molecule has 0 atom stereocenters. The van der Waals surface area contributed by atoms with Crippen molar-refractivity contribution in [2.45, 2.75) is 66.2 Å². The van der Waals surface area contributed by atoms with Gasteiger partial charge in [0.1, 0.15) is 11.5 Å². The highest BCUT2D eigenvalue weighted by molar-refractivity contribution is 6.06. The van der Waals surface area contributed by atoms with E-state index in [1.165, 1.54) is 6.07 Å². The number of hydrogen-bond donors (Lipinski definition) is 0. The molecule has 3 aliphatic rings. The zero-order valence-electron chi connectivity index (χ0n) is 18.1. The first-order valence-corrected chi connectivity index (χ1v) is 10.3. The smallest absolute Gasteiger partial charge is 0.272 e. The number of rotatable bonds is 2. The fraction of sp³-hybridized carbons (Fsp3) is 0.500. The number of ketones is 2. The maximum atomic E-state index is 13.3. The van der Waals surface area contributed by atoms with E-state index in [0.717, 1.165) is 0 Å². The van der Waals surface area contributed by atoms with Crippen LogP contribution >= 0.6 is 0 Å². The summed E-state index contributed by atoms with van der Waals surface area (Å²) in [5.41, 5.74) is 1.68. The lowest BCUT2D eigenvalue weighted by Gasteiger charge is -2.43. The average molecular weight is 409 g/mol. The first kappa shape index (κ1) is 20.5. The number of carbonyl (C=O) groups excluding carboxylic acids is 2. The van der Waals surface area contributed by atoms with Crippen LogP contribution in [0.1, 0.15) is 70.4 Å². The van der Waals surface area contributed by atoms with Gasteiger partial charge in [0.2, 0.25) is 0 Å². The molecule has 2 aliphatic carbocycles. The summed E-state index contributed by atoms with van der Waals surface area (Å²) in [6.45, 7) is 9.83. The second-order valence-corrected chi connectivity index (χ2v) is 10.3. The van der Waals surface area contributed by atoms with Crippen molar-refractivity contribution in [1.82, 2.24) is 0 Å². The Kier molecular flexibility index (Phi) is 4.53. The van der Waals surface area contributed by atoms with E-state index in [9.17, 15) is 19.7 Å². The molecule has 0 spiro atoms. The minimum atomic E-state index is -0.601. The highest BCUT2D eigenvalue weighted by Gasteiger charge is 2.48. The van der Waals surface area contributed by atoms with Crippen molar-refractivity contribution in [2.75, 3.05) is 0 Å². The number of benzene rings is 1. The maximum Gasteiger partial charge on any atom is 0.272 e. The molecule has 0 saturated carbocycles. The van der Waals surface area contributed by atoms with Gasteiger partial charge in [-0.05, 0) is 23.3 Å². The fourth-order valence-corrected chi connectivity index (χ4v) is 5.14. The Morgan fingerprint density at radius 2 is 1.43 bits per heavy atom. The molecule has 0 aromatic heterocycles. The molecule has 0 bridgehead atoms. The van der Waals surface area contributed by atoms with E-state index < -0.39 is 10.8 Å². The molecule has 30 heavy (non-hydrogen) atoms. The summed E-state index contributed by atoms with van der Waals surface area (Å²) in [5.74, 6) is 0.561. The number of Topliss-reactive ketones (excluding diaryl/α,β-unsaturated/α-hetero) is 2. The predicted molar refractivity (Wildman–Crippen MR) is 112 cm³/mol. The largest absolute Gasteiger partial charge is 0.465 e. The lowest BCUT2D eigenvalue weighted by Crippen LogP contribution is -2.37.